The number of benzene rings is 5. The fourth-order valence-corrected chi connectivity index (χ4v) is 13.6. The fraction of sp³-hybridized carbons (Fsp3) is 0.246. The van der Waals surface area contributed by atoms with Gasteiger partial charge in [-0.3, -0.25) is 29.1 Å². The van der Waals surface area contributed by atoms with Crippen LogP contribution in [0.15, 0.2) is 96.3 Å². The first-order chi connectivity index (χ1) is 45.9. The Balaban J connectivity index is 0.00000375. The maximum Gasteiger partial charge on any atom is 1.00 e. The molecule has 4 aromatic heterocycles. The number of fused-ring (bicyclic) bond motifs is 7. The maximum atomic E-state index is 14.5. The second-order valence-electron chi connectivity index (χ2n) is 21.7. The Morgan fingerprint density at radius 1 is 0.571 bits per heavy atom. The summed E-state index contributed by atoms with van der Waals surface area (Å²) in [6.45, 7) is 6.29. The number of carbonyl (C=O) groups excluding carboxylic acids is 6. The number of carbonyl (C=O) groups is 5. The van der Waals surface area contributed by atoms with Crippen LogP contribution >= 0.6 is 22.7 Å². The third-order valence-corrected chi connectivity index (χ3v) is 18.1. The SMILES string of the molecule is COCCOCCOCCOc1ccc(C2(c3ccc(OCCOCCOCCOC)c(C(=O)[O-])c3)Oc3cc(C)sc3-c3sc(-c4c5ncc(C=C6C(=O)c7cc(F)c(F)cc7C6=O)nc5c(C)c5ncc(C=C6C(=O)c7cc(F)c(F)cc7C6=O)nc45)cc32)cc1[C-]=O.[Cs+].[Cs+].[OH-]. The molecule has 5 heterocycles. The molecule has 0 radical (unpaired) electrons. The van der Waals surface area contributed by atoms with Crippen LogP contribution in [-0.4, -0.2) is 154 Å². The van der Waals surface area contributed by atoms with Crippen LogP contribution in [0.4, 0.5) is 17.6 Å². The molecule has 0 amide bonds. The zero-order valence-electron chi connectivity index (χ0n) is 53.3. The first-order valence-corrected chi connectivity index (χ1v) is 31.0. The number of ether oxygens (including phenoxy) is 9. The summed E-state index contributed by atoms with van der Waals surface area (Å²) in [7, 11) is 3.12. The quantitative estimate of drug-likeness (QED) is 0.0177. The van der Waals surface area contributed by atoms with E-state index in [1.807, 2.05) is 19.3 Å². The van der Waals surface area contributed by atoms with Crippen LogP contribution in [0, 0.1) is 37.1 Å². The number of halogens is 4. The third-order valence-electron chi connectivity index (χ3n) is 15.8. The largest absolute Gasteiger partial charge is 1.00 e. The van der Waals surface area contributed by atoms with Gasteiger partial charge in [-0.1, -0.05) is 23.8 Å². The zero-order valence-corrected chi connectivity index (χ0v) is 67.5. The number of hydrogen-bond donors (Lipinski definition) is 0. The summed E-state index contributed by atoms with van der Waals surface area (Å²) in [5, 5.41) is 13.4. The smallest absolute Gasteiger partial charge is 0.870 e. The molecule has 9 aromatic rings. The Kier molecular flexibility index (Phi) is 26.2. The van der Waals surface area contributed by atoms with Crippen LogP contribution in [-0.2, 0) is 38.8 Å². The van der Waals surface area contributed by atoms with E-state index in [0.29, 0.717) is 88.8 Å². The molecule has 1 atom stereocenters. The molecule has 3 aliphatic rings. The number of carboxylic acid groups (broad SMARTS) is 1. The number of ketones is 4. The molecule has 0 saturated carbocycles. The van der Waals surface area contributed by atoms with Crippen LogP contribution in [0.5, 0.6) is 17.2 Å². The predicted molar refractivity (Wildman–Crippen MR) is 337 cm³/mol. The molecular formula is C69H53Cs2F4N4O17S2-. The van der Waals surface area contributed by atoms with Crippen LogP contribution in [0.2, 0.25) is 0 Å². The number of aryl methyl sites for hydroxylation is 2. The van der Waals surface area contributed by atoms with Crippen molar-refractivity contribution in [2.24, 2.45) is 0 Å². The van der Waals surface area contributed by atoms with E-state index < -0.39 is 69.1 Å². The fourth-order valence-electron chi connectivity index (χ4n) is 11.3. The summed E-state index contributed by atoms with van der Waals surface area (Å²) in [6, 6.07) is 15.3. The van der Waals surface area contributed by atoms with Gasteiger partial charge in [0.25, 0.3) is 0 Å². The molecule has 2 aliphatic carbocycles. The van der Waals surface area contributed by atoms with Gasteiger partial charge in [-0.15, -0.1) is 34.3 Å². The van der Waals surface area contributed by atoms with Crippen LogP contribution < -0.4 is 157 Å². The topological polar surface area (TPSA) is 290 Å². The zero-order chi connectivity index (χ0) is 66.8. The molecule has 29 heteroatoms. The standard InChI is InChI=1S/C69H53F4N4O16S2.2Cs.H2O/c1-34-21-55-67(94-34)66-48(69(93-55,37-5-7-53(36(22-37)33-78)91-19-17-89-15-13-87-11-9-85-3)38-6-8-54(45(23-38)68(83)84)92-20-18-90-16-14-88-12-10-86-4)30-56(95-66)57-60-59(76-39(32-75-60)24-46-62(79)41-26-49(70)50(71)27-42(41)63(46)80)35(2)58-61(57)77-40(31-74-58)25-47-64(81)43-28-51(72)52(73)29-44(43)65(47)82;;;/h5-8,21-32H,9-20H2,1-4H3,(H,83,84);;;1H2/q-1;2*+1;/p-2. The maximum absolute atomic E-state index is 14.5. The van der Waals surface area contributed by atoms with E-state index in [1.54, 1.807) is 45.4 Å². The molecule has 494 valence electrons. The Labute approximate surface area is 681 Å². The number of aromatic carboxylic acids is 1. The molecule has 1 unspecified atom stereocenters. The van der Waals surface area contributed by atoms with Gasteiger partial charge in [0, 0.05) is 79.8 Å². The molecule has 0 fully saturated rings. The van der Waals surface area contributed by atoms with Gasteiger partial charge in [-0.2, -0.15) is 0 Å². The van der Waals surface area contributed by atoms with Crippen molar-refractivity contribution in [2.75, 3.05) is 93.5 Å². The van der Waals surface area contributed by atoms with Gasteiger partial charge in [0.05, 0.1) is 146 Å². The number of carboxylic acids is 1. The van der Waals surface area contributed by atoms with E-state index in [-0.39, 0.29) is 285 Å². The first kappa shape index (κ1) is 76.6. The number of nitrogens with zero attached hydrogens (tertiary/aromatic N) is 4. The van der Waals surface area contributed by atoms with Crippen molar-refractivity contribution in [2.45, 2.75) is 19.4 Å². The van der Waals surface area contributed by atoms with Gasteiger partial charge >= 0.3 is 138 Å². The number of allylic oxidation sites excluding steroid dienone is 2. The summed E-state index contributed by atoms with van der Waals surface area (Å²) in [5.41, 5.74) is -2.55. The molecule has 21 nitrogen and oxygen atoms in total. The molecule has 1 aliphatic heterocycles. The normalized spacial score (nSPS) is 14.3. The number of aromatic nitrogens is 4. The minimum absolute atomic E-state index is 0. The Morgan fingerprint density at radius 2 is 1.03 bits per heavy atom. The summed E-state index contributed by atoms with van der Waals surface area (Å²) >= 11 is 2.61. The van der Waals surface area contributed by atoms with Crippen molar-refractivity contribution in [3.8, 4) is 37.4 Å². The molecular weight excluding hydrogens is 1560 g/mol. The van der Waals surface area contributed by atoms with Crippen LogP contribution in [0.25, 0.3) is 54.4 Å². The number of rotatable bonds is 27. The average molecular weight is 1620 g/mol. The molecule has 5 aromatic carbocycles. The minimum atomic E-state index is -1.89. The number of thiophene rings is 2. The summed E-state index contributed by atoms with van der Waals surface area (Å²) in [4.78, 5) is 104. The van der Waals surface area contributed by atoms with E-state index in [9.17, 15) is 51.4 Å². The van der Waals surface area contributed by atoms with Gasteiger partial charge in [0.2, 0.25) is 0 Å². The van der Waals surface area contributed by atoms with Crippen LogP contribution in [0.3, 0.4) is 0 Å². The predicted octanol–water partition coefficient (Wildman–Crippen LogP) is 3.58. The van der Waals surface area contributed by atoms with Crippen molar-refractivity contribution in [3.63, 3.8) is 0 Å². The summed E-state index contributed by atoms with van der Waals surface area (Å²) < 4.78 is 110. The molecule has 0 spiro atoms. The van der Waals surface area contributed by atoms with Crippen molar-refractivity contribution in [3.05, 3.63) is 192 Å². The van der Waals surface area contributed by atoms with E-state index in [0.717, 1.165) is 17.0 Å². The van der Waals surface area contributed by atoms with Gasteiger partial charge in [-0.05, 0) is 74.5 Å². The third kappa shape index (κ3) is 15.3. The van der Waals surface area contributed by atoms with E-state index in [1.165, 1.54) is 53.3 Å². The van der Waals surface area contributed by atoms with E-state index in [4.69, 9.17) is 62.6 Å². The van der Waals surface area contributed by atoms with Crippen molar-refractivity contribution >= 4 is 92.3 Å². The number of methoxy groups -OCH3 is 2. The van der Waals surface area contributed by atoms with Gasteiger partial charge < -0.3 is 62.8 Å². The number of hydrogen-bond acceptors (Lipinski definition) is 23. The second-order valence-corrected chi connectivity index (χ2v) is 24.0. The van der Waals surface area contributed by atoms with Gasteiger partial charge in [0.1, 0.15) is 23.6 Å². The average Bonchev–Trinajstić information content (AvgIpc) is 1.47. The van der Waals surface area contributed by atoms with Gasteiger partial charge in [-0.25, -0.2) is 27.5 Å². The Morgan fingerprint density at radius 3 is 1.53 bits per heavy atom. The summed E-state index contributed by atoms with van der Waals surface area (Å²) in [6.07, 6.45) is 6.84. The van der Waals surface area contributed by atoms with Gasteiger partial charge in [0.15, 0.2) is 52.0 Å². The molecule has 0 saturated heterocycles. The molecule has 1 N–H and O–H groups in total. The van der Waals surface area contributed by atoms with Crippen LogP contribution in [0.1, 0.15) is 95.9 Å². The Bertz CT molecular complexity index is 4650. The number of Topliss-reactive ketones (excluding diaryl/α,β-unsaturated/α-hetero) is 4. The van der Waals surface area contributed by atoms with E-state index in [2.05, 4.69) is 0 Å². The van der Waals surface area contributed by atoms with Crippen molar-refractivity contribution in [1.29, 1.82) is 0 Å². The summed E-state index contributed by atoms with van der Waals surface area (Å²) in [5.74, 6) is -10.0. The van der Waals surface area contributed by atoms with Crippen molar-refractivity contribution in [1.82, 2.24) is 19.9 Å². The van der Waals surface area contributed by atoms with Crippen molar-refractivity contribution < 1.29 is 237 Å². The molecule has 0 bridgehead atoms. The monoisotopic (exact) mass is 1620 g/mol. The minimum Gasteiger partial charge on any atom is -0.870 e. The molecule has 98 heavy (non-hydrogen) atoms. The second kappa shape index (κ2) is 33.5. The first-order valence-electron chi connectivity index (χ1n) is 29.4. The van der Waals surface area contributed by atoms with E-state index >= 15 is 0 Å². The Hall–Kier alpha value is -5.58. The molecule has 12 rings (SSSR count).